The van der Waals surface area contributed by atoms with Crippen molar-refractivity contribution >= 4 is 22.6 Å². The first-order valence-corrected chi connectivity index (χ1v) is 13.3. The normalized spacial score (nSPS) is 13.5. The van der Waals surface area contributed by atoms with E-state index in [-0.39, 0.29) is 25.5 Å². The summed E-state index contributed by atoms with van der Waals surface area (Å²) in [5.74, 6) is 1.57. The summed E-state index contributed by atoms with van der Waals surface area (Å²) in [5.41, 5.74) is 2.56. The average Bonchev–Trinajstić information content (AvgIpc) is 2.90. The highest BCUT2D eigenvalue weighted by Gasteiger charge is 2.38. The summed E-state index contributed by atoms with van der Waals surface area (Å²) in [6.45, 7) is 13.1. The Kier molecular flexibility index (Phi) is 11.7. The van der Waals surface area contributed by atoms with Crippen LogP contribution in [0.5, 0.6) is 11.5 Å². The number of hydrogen-bond acceptors (Lipinski definition) is 6. The minimum absolute atomic E-state index is 0.130. The monoisotopic (exact) mass is 527 g/mol. The number of aliphatic imine (C=N–C) groups is 2. The molecule has 200 valence electrons. The summed E-state index contributed by atoms with van der Waals surface area (Å²) in [6.07, 6.45) is 2.21. The summed E-state index contributed by atoms with van der Waals surface area (Å²) < 4.78 is 46.0. The molecule has 0 spiro atoms. The highest BCUT2D eigenvalue weighted by Crippen LogP contribution is 2.24. The first-order valence-electron chi connectivity index (χ1n) is 11.8. The maximum atomic E-state index is 14.1. The molecule has 0 unspecified atom stereocenters. The Bertz CT molecular complexity index is 1140. The van der Waals surface area contributed by atoms with Gasteiger partial charge in [-0.15, -0.1) is 6.58 Å². The van der Waals surface area contributed by atoms with Gasteiger partial charge in [0.25, 0.3) is 0 Å². The lowest BCUT2D eigenvalue weighted by atomic mass is 10.2. The molecule has 0 saturated carbocycles. The molecule has 9 heteroatoms. The highest BCUT2D eigenvalue weighted by atomic mass is 32.2. The summed E-state index contributed by atoms with van der Waals surface area (Å²) in [6, 6.07) is 14.6. The molecule has 2 aromatic rings. The summed E-state index contributed by atoms with van der Waals surface area (Å²) in [4.78, 5) is 8.35. The molecule has 0 aliphatic rings. The molecule has 0 aliphatic carbocycles. The van der Waals surface area contributed by atoms with E-state index in [9.17, 15) is 8.42 Å². The summed E-state index contributed by atoms with van der Waals surface area (Å²) in [7, 11) is -0.758. The number of methoxy groups -OCH3 is 2. The number of nitrogens with zero attached hydrogens (tertiary/aromatic N) is 3. The van der Waals surface area contributed by atoms with E-state index in [0.717, 1.165) is 16.7 Å². The predicted octanol–water partition coefficient (Wildman–Crippen LogP) is 5.02. The van der Waals surface area contributed by atoms with Gasteiger partial charge in [0.2, 0.25) is 10.0 Å². The average molecular weight is 528 g/mol. The zero-order chi connectivity index (χ0) is 27.4. The Morgan fingerprint density at radius 2 is 1.46 bits per heavy atom. The molecule has 0 aromatic heterocycles. The van der Waals surface area contributed by atoms with Gasteiger partial charge in [0, 0.05) is 19.3 Å². The van der Waals surface area contributed by atoms with E-state index in [1.165, 1.54) is 4.31 Å². The smallest absolute Gasteiger partial charge is 0.220 e. The van der Waals surface area contributed by atoms with Gasteiger partial charge in [-0.3, -0.25) is 0 Å². The van der Waals surface area contributed by atoms with Crippen LogP contribution in [-0.4, -0.2) is 57.5 Å². The first-order chi connectivity index (χ1) is 17.7. The molecule has 0 aliphatic heterocycles. The molecule has 0 saturated heterocycles. The third-order valence-corrected chi connectivity index (χ3v) is 7.72. The molecule has 2 aromatic carbocycles. The minimum atomic E-state index is -3.93. The van der Waals surface area contributed by atoms with Gasteiger partial charge in [-0.05, 0) is 62.9 Å². The molecule has 0 bridgehead atoms. The number of sulfonamides is 1. The predicted molar refractivity (Wildman–Crippen MR) is 150 cm³/mol. The first kappa shape index (κ1) is 30.0. The van der Waals surface area contributed by atoms with Gasteiger partial charge < -0.3 is 14.2 Å². The second-order valence-electron chi connectivity index (χ2n) is 8.61. The quantitative estimate of drug-likeness (QED) is 0.196. The van der Waals surface area contributed by atoms with Crippen molar-refractivity contribution in [2.45, 2.75) is 45.2 Å². The summed E-state index contributed by atoms with van der Waals surface area (Å²) in [5, 5.41) is -1.02. The third kappa shape index (κ3) is 8.66. The maximum absolute atomic E-state index is 14.1. The lowest BCUT2D eigenvalue weighted by molar-refractivity contribution is 0.119. The Hall–Kier alpha value is -3.27. The van der Waals surface area contributed by atoms with Gasteiger partial charge in [0.1, 0.15) is 22.9 Å². The van der Waals surface area contributed by atoms with Crippen LogP contribution in [0.4, 0.5) is 0 Å². The van der Waals surface area contributed by atoms with Crippen molar-refractivity contribution in [3.63, 3.8) is 0 Å². The molecule has 0 N–H and O–H groups in total. The molecule has 0 amide bonds. The second kappa shape index (κ2) is 14.5. The third-order valence-electron chi connectivity index (χ3n) is 5.56. The Balaban J connectivity index is 2.50. The van der Waals surface area contributed by atoms with E-state index < -0.39 is 21.4 Å². The van der Waals surface area contributed by atoms with Gasteiger partial charge in [0.05, 0.1) is 20.8 Å². The van der Waals surface area contributed by atoms with Gasteiger partial charge in [-0.1, -0.05) is 35.9 Å². The van der Waals surface area contributed by atoms with Crippen molar-refractivity contribution < 1.29 is 22.6 Å². The van der Waals surface area contributed by atoms with Crippen LogP contribution in [0.25, 0.3) is 0 Å². The zero-order valence-corrected chi connectivity index (χ0v) is 23.1. The van der Waals surface area contributed by atoms with Gasteiger partial charge in [0.15, 0.2) is 5.84 Å². The number of hydrogen-bond donors (Lipinski definition) is 0. The number of ether oxygens (including phenoxy) is 3. The molecule has 2 rings (SSSR count). The second-order valence-corrected chi connectivity index (χ2v) is 10.9. The number of benzene rings is 2. The molecule has 0 heterocycles. The van der Waals surface area contributed by atoms with Crippen LogP contribution >= 0.6 is 0 Å². The van der Waals surface area contributed by atoms with Crippen LogP contribution in [0.1, 0.15) is 31.9 Å². The lowest BCUT2D eigenvalue weighted by Crippen LogP contribution is -2.46. The number of amidine groups is 1. The Morgan fingerprint density at radius 1 is 0.973 bits per heavy atom. The van der Waals surface area contributed by atoms with Crippen LogP contribution in [0.15, 0.2) is 82.9 Å². The fourth-order valence-electron chi connectivity index (χ4n) is 3.49. The molecule has 2 atom stereocenters. The standard InChI is InChI=1S/C28H37N3O5S/c1-8-17-36-27(28(29-5)30-18-21(2)3)22(4)37(32,33)31(19-23-9-13-25(34-6)14-10-23)20-24-11-15-26(35-7)16-12-24/h8-16,18,22,27H,1,5,17,19-20H2,2-4,6-7H3/b30-28-/t22-,27-/m0/s1. The van der Waals surface area contributed by atoms with E-state index in [1.807, 2.05) is 38.1 Å². The fourth-order valence-corrected chi connectivity index (χ4v) is 5.13. The molecular formula is C28H37N3O5S. The minimum Gasteiger partial charge on any atom is -0.497 e. The molecule has 37 heavy (non-hydrogen) atoms. The summed E-state index contributed by atoms with van der Waals surface area (Å²) >= 11 is 0. The van der Waals surface area contributed by atoms with E-state index in [2.05, 4.69) is 23.3 Å². The molecule has 0 radical (unpaired) electrons. The number of rotatable bonds is 14. The van der Waals surface area contributed by atoms with Crippen LogP contribution in [0, 0.1) is 0 Å². The molecule has 0 fully saturated rings. The van der Waals surface area contributed by atoms with Crippen LogP contribution in [-0.2, 0) is 27.8 Å². The van der Waals surface area contributed by atoms with Crippen molar-refractivity contribution in [1.29, 1.82) is 0 Å². The van der Waals surface area contributed by atoms with E-state index >= 15 is 0 Å². The highest BCUT2D eigenvalue weighted by molar-refractivity contribution is 7.89. The van der Waals surface area contributed by atoms with Crippen LogP contribution < -0.4 is 9.47 Å². The van der Waals surface area contributed by atoms with Gasteiger partial charge in [-0.2, -0.15) is 4.31 Å². The van der Waals surface area contributed by atoms with E-state index in [4.69, 9.17) is 14.2 Å². The van der Waals surface area contributed by atoms with E-state index in [0.29, 0.717) is 11.5 Å². The Morgan fingerprint density at radius 3 is 1.84 bits per heavy atom. The van der Waals surface area contributed by atoms with Gasteiger partial charge in [-0.25, -0.2) is 18.4 Å². The number of allylic oxidation sites excluding steroid dienone is 1. The van der Waals surface area contributed by atoms with Crippen LogP contribution in [0.3, 0.4) is 0 Å². The zero-order valence-electron chi connectivity index (χ0n) is 22.3. The SMILES string of the molecule is C=CCO[C@H](/C(N=C)=N/C=C(C)C)[C@H](C)S(=O)(=O)N(Cc1ccc(OC)cc1)Cc1ccc(OC)cc1. The Labute approximate surface area is 221 Å². The van der Waals surface area contributed by atoms with Crippen LogP contribution in [0.2, 0.25) is 0 Å². The molecule has 8 nitrogen and oxygen atoms in total. The molecular weight excluding hydrogens is 490 g/mol. The van der Waals surface area contributed by atoms with Crippen molar-refractivity contribution in [3.8, 4) is 11.5 Å². The fraction of sp³-hybridized carbons (Fsp3) is 0.357. The van der Waals surface area contributed by atoms with Crippen molar-refractivity contribution in [1.82, 2.24) is 4.31 Å². The van der Waals surface area contributed by atoms with Gasteiger partial charge >= 0.3 is 0 Å². The van der Waals surface area contributed by atoms with Crippen molar-refractivity contribution in [2.75, 3.05) is 20.8 Å². The lowest BCUT2D eigenvalue weighted by Gasteiger charge is -2.30. The van der Waals surface area contributed by atoms with Crippen molar-refractivity contribution in [3.05, 3.63) is 84.1 Å². The largest absolute Gasteiger partial charge is 0.497 e. The van der Waals surface area contributed by atoms with E-state index in [1.54, 1.807) is 57.7 Å². The topological polar surface area (TPSA) is 89.8 Å². The van der Waals surface area contributed by atoms with Crippen molar-refractivity contribution in [2.24, 2.45) is 9.98 Å². The maximum Gasteiger partial charge on any atom is 0.220 e.